The van der Waals surface area contributed by atoms with Gasteiger partial charge in [-0.3, -0.25) is 14.4 Å². The molecule has 9 nitrogen and oxygen atoms in total. The number of hydrogen-bond acceptors (Lipinski definition) is 6. The van der Waals surface area contributed by atoms with Crippen LogP contribution in [0.25, 0.3) is 0 Å². The van der Waals surface area contributed by atoms with Gasteiger partial charge in [-0.2, -0.15) is 0 Å². The zero-order valence-electron chi connectivity index (χ0n) is 19.0. The van der Waals surface area contributed by atoms with Crippen molar-refractivity contribution in [3.8, 4) is 0 Å². The van der Waals surface area contributed by atoms with Crippen LogP contribution in [0, 0.1) is 5.92 Å². The molecule has 1 aromatic heterocycles. The maximum atomic E-state index is 13.4. The largest absolute Gasteiger partial charge is 0.383 e. The number of piperidine rings is 1. The zero-order valence-corrected chi connectivity index (χ0v) is 19.0. The first-order chi connectivity index (χ1) is 16.4. The van der Waals surface area contributed by atoms with Crippen LogP contribution < -0.4 is 16.4 Å². The van der Waals surface area contributed by atoms with Gasteiger partial charge in [0.2, 0.25) is 5.91 Å². The number of amides is 3. The van der Waals surface area contributed by atoms with E-state index < -0.39 is 11.8 Å². The van der Waals surface area contributed by atoms with Crippen molar-refractivity contribution in [1.29, 1.82) is 0 Å². The lowest BCUT2D eigenvalue weighted by Gasteiger charge is -2.38. The molecule has 3 amide bonds. The van der Waals surface area contributed by atoms with Crippen LogP contribution in [-0.2, 0) is 37.7 Å². The predicted octanol–water partition coefficient (Wildman–Crippen LogP) is 2.62. The molecule has 6 rings (SSSR count). The molecule has 1 saturated heterocycles. The van der Waals surface area contributed by atoms with Gasteiger partial charge in [0, 0.05) is 23.4 Å². The molecule has 4 aliphatic rings. The third-order valence-electron chi connectivity index (χ3n) is 7.72. The molecule has 2 aromatic rings. The van der Waals surface area contributed by atoms with E-state index in [4.69, 9.17) is 10.5 Å². The third-order valence-corrected chi connectivity index (χ3v) is 7.72. The minimum Gasteiger partial charge on any atom is -0.383 e. The van der Waals surface area contributed by atoms with Crippen LogP contribution in [0.3, 0.4) is 0 Å². The van der Waals surface area contributed by atoms with Crippen LogP contribution in [0.4, 0.5) is 17.2 Å². The Morgan fingerprint density at radius 1 is 1.24 bits per heavy atom. The van der Waals surface area contributed by atoms with Gasteiger partial charge in [0.05, 0.1) is 36.6 Å². The molecule has 1 unspecified atom stereocenters. The monoisotopic (exact) mass is 461 g/mol. The summed E-state index contributed by atoms with van der Waals surface area (Å²) >= 11 is 0. The normalized spacial score (nSPS) is 23.9. The average molecular weight is 462 g/mol. The Bertz CT molecular complexity index is 1240. The number of nitrogens with zero attached hydrogens (tertiary/aromatic N) is 2. The molecular weight excluding hydrogens is 434 g/mol. The van der Waals surface area contributed by atoms with Gasteiger partial charge in [0.15, 0.2) is 0 Å². The Kier molecular flexibility index (Phi) is 4.67. The second-order valence-corrected chi connectivity index (χ2v) is 9.96. The highest BCUT2D eigenvalue weighted by Gasteiger charge is 2.56. The fraction of sp³-hybridized carbons (Fsp3) is 0.440. The van der Waals surface area contributed by atoms with Crippen LogP contribution in [0.15, 0.2) is 24.4 Å². The molecule has 176 valence electrons. The van der Waals surface area contributed by atoms with Crippen molar-refractivity contribution >= 4 is 34.9 Å². The molecular formula is C25H27N5O4. The fourth-order valence-electron chi connectivity index (χ4n) is 5.60. The second-order valence-electron chi connectivity index (χ2n) is 9.96. The van der Waals surface area contributed by atoms with Crippen LogP contribution in [0.1, 0.15) is 60.9 Å². The Hall–Kier alpha value is -3.46. The van der Waals surface area contributed by atoms with E-state index in [1.807, 2.05) is 18.2 Å². The molecule has 1 spiro atoms. The summed E-state index contributed by atoms with van der Waals surface area (Å²) in [6.07, 6.45) is 4.94. The standard InChI is InChI=1S/C25H27N5O4/c1-13-2-5-20(14-3-4-17-18(8-14)29-24(33)25(17)6-7-25)30(10-13)23(32)22(31)28-19-9-27-21(26)16-12-34-11-15(16)19/h3-4,8-9,13,20H,2,5-7,10-12H2,1H3,(H2,26,27)(H,28,31)(H,29,33)/t13-,20?/m0/s1. The highest BCUT2D eigenvalue weighted by molar-refractivity contribution is 6.39. The van der Waals surface area contributed by atoms with Crippen molar-refractivity contribution < 1.29 is 19.1 Å². The van der Waals surface area contributed by atoms with E-state index in [9.17, 15) is 14.4 Å². The van der Waals surface area contributed by atoms with Crippen molar-refractivity contribution in [3.63, 3.8) is 0 Å². The van der Waals surface area contributed by atoms with Gasteiger partial charge in [-0.25, -0.2) is 4.98 Å². The van der Waals surface area contributed by atoms with Crippen molar-refractivity contribution in [1.82, 2.24) is 9.88 Å². The fourth-order valence-corrected chi connectivity index (χ4v) is 5.60. The first-order valence-corrected chi connectivity index (χ1v) is 11.8. The number of fused-ring (bicyclic) bond motifs is 3. The number of carbonyl (C=O) groups is 3. The number of aromatic nitrogens is 1. The van der Waals surface area contributed by atoms with Crippen molar-refractivity contribution in [2.45, 2.75) is 57.3 Å². The molecule has 1 aromatic carbocycles. The van der Waals surface area contributed by atoms with E-state index in [0.717, 1.165) is 53.6 Å². The SMILES string of the molecule is C[C@H]1CCC(c2ccc3c(c2)NC(=O)C32CC2)N(C(=O)C(=O)Nc2cnc(N)c3c2COC3)C1. The Morgan fingerprint density at radius 3 is 2.82 bits per heavy atom. The lowest BCUT2D eigenvalue weighted by molar-refractivity contribution is -0.146. The summed E-state index contributed by atoms with van der Waals surface area (Å²) < 4.78 is 5.45. The molecule has 2 fully saturated rings. The number of benzene rings is 1. The number of pyridine rings is 1. The van der Waals surface area contributed by atoms with Crippen LogP contribution in [0.5, 0.6) is 0 Å². The number of nitrogens with one attached hydrogen (secondary N) is 2. The number of carbonyl (C=O) groups excluding carboxylic acids is 3. The van der Waals surface area contributed by atoms with E-state index in [1.165, 1.54) is 6.20 Å². The Balaban J connectivity index is 1.26. The predicted molar refractivity (Wildman–Crippen MR) is 125 cm³/mol. The number of nitrogen functional groups attached to an aromatic ring is 1. The molecule has 2 atom stereocenters. The highest BCUT2D eigenvalue weighted by atomic mass is 16.5. The third kappa shape index (κ3) is 3.18. The molecule has 3 aliphatic heterocycles. The van der Waals surface area contributed by atoms with Gasteiger partial charge in [-0.1, -0.05) is 19.1 Å². The molecule has 9 heteroatoms. The number of ether oxygens (including phenoxy) is 1. The topological polar surface area (TPSA) is 127 Å². The number of rotatable bonds is 2. The highest BCUT2D eigenvalue weighted by Crippen LogP contribution is 2.55. The van der Waals surface area contributed by atoms with Crippen LogP contribution >= 0.6 is 0 Å². The van der Waals surface area contributed by atoms with Gasteiger partial charge in [0.25, 0.3) is 0 Å². The summed E-state index contributed by atoms with van der Waals surface area (Å²) in [6, 6.07) is 5.77. The van der Waals surface area contributed by atoms with E-state index in [2.05, 4.69) is 22.5 Å². The number of likely N-dealkylation sites (tertiary alicyclic amines) is 1. The maximum absolute atomic E-state index is 13.4. The first kappa shape index (κ1) is 21.1. The van der Waals surface area contributed by atoms with Crippen LogP contribution in [0.2, 0.25) is 0 Å². The summed E-state index contributed by atoms with van der Waals surface area (Å²) in [4.78, 5) is 44.6. The van der Waals surface area contributed by atoms with E-state index in [-0.39, 0.29) is 23.3 Å². The van der Waals surface area contributed by atoms with Crippen molar-refractivity contribution in [2.24, 2.45) is 5.92 Å². The minimum atomic E-state index is -0.703. The Morgan fingerprint density at radius 2 is 2.03 bits per heavy atom. The van der Waals surface area contributed by atoms with Crippen LogP contribution in [-0.4, -0.2) is 34.2 Å². The molecule has 1 aliphatic carbocycles. The van der Waals surface area contributed by atoms with Gasteiger partial charge in [-0.15, -0.1) is 0 Å². The molecule has 4 N–H and O–H groups in total. The summed E-state index contributed by atoms with van der Waals surface area (Å²) in [5.41, 5.74) is 10.4. The van der Waals surface area contributed by atoms with Gasteiger partial charge in [0.1, 0.15) is 5.82 Å². The molecule has 0 bridgehead atoms. The molecule has 4 heterocycles. The quantitative estimate of drug-likeness (QED) is 0.590. The minimum absolute atomic E-state index is 0.0674. The van der Waals surface area contributed by atoms with Crippen molar-refractivity contribution in [2.75, 3.05) is 22.9 Å². The molecule has 34 heavy (non-hydrogen) atoms. The van der Waals surface area contributed by atoms with Crippen molar-refractivity contribution in [3.05, 3.63) is 46.6 Å². The number of anilines is 3. The maximum Gasteiger partial charge on any atom is 0.313 e. The van der Waals surface area contributed by atoms with Gasteiger partial charge < -0.3 is 26.0 Å². The summed E-state index contributed by atoms with van der Waals surface area (Å²) in [5, 5.41) is 5.75. The first-order valence-electron chi connectivity index (χ1n) is 11.8. The molecule has 1 saturated carbocycles. The molecule has 0 radical (unpaired) electrons. The number of nitrogens with two attached hydrogens (primary N) is 1. The van der Waals surface area contributed by atoms with E-state index >= 15 is 0 Å². The summed E-state index contributed by atoms with van der Waals surface area (Å²) in [6.45, 7) is 3.24. The van der Waals surface area contributed by atoms with Gasteiger partial charge in [-0.05, 0) is 48.8 Å². The average Bonchev–Trinajstić information content (AvgIpc) is 3.39. The number of hydrogen-bond donors (Lipinski definition) is 3. The summed E-state index contributed by atoms with van der Waals surface area (Å²) in [5.74, 6) is -0.556. The van der Waals surface area contributed by atoms with Gasteiger partial charge >= 0.3 is 11.8 Å². The lowest BCUT2D eigenvalue weighted by Crippen LogP contribution is -2.46. The zero-order chi connectivity index (χ0) is 23.6. The Labute approximate surface area is 197 Å². The van der Waals surface area contributed by atoms with E-state index in [0.29, 0.717) is 31.3 Å². The lowest BCUT2D eigenvalue weighted by atomic mass is 9.88. The smallest absolute Gasteiger partial charge is 0.313 e. The summed E-state index contributed by atoms with van der Waals surface area (Å²) in [7, 11) is 0. The second kappa shape index (κ2) is 7.53. The van der Waals surface area contributed by atoms with E-state index in [1.54, 1.807) is 4.90 Å².